The second-order valence-corrected chi connectivity index (χ2v) is 6.22. The zero-order valence-electron chi connectivity index (χ0n) is 12.0. The van der Waals surface area contributed by atoms with Crippen LogP contribution in [0.1, 0.15) is 26.3 Å². The Morgan fingerprint density at radius 2 is 2.00 bits per heavy atom. The monoisotopic (exact) mass is 269 g/mol. The fourth-order valence-corrected chi connectivity index (χ4v) is 2.30. The standard InChI is InChI=1S/C15H24ClNO/c1-15(2,3)12(10-17-4)8-11-9-13(16)6-7-14(11)18-5/h6-7,9,12,17H,8,10H2,1-5H3. The van der Waals surface area contributed by atoms with E-state index in [0.29, 0.717) is 5.92 Å². The van der Waals surface area contributed by atoms with Gasteiger partial charge in [-0.15, -0.1) is 0 Å². The summed E-state index contributed by atoms with van der Waals surface area (Å²) >= 11 is 6.08. The molecule has 3 heteroatoms. The van der Waals surface area contributed by atoms with Crippen LogP contribution in [-0.2, 0) is 6.42 Å². The molecule has 1 aromatic carbocycles. The van der Waals surface area contributed by atoms with E-state index in [9.17, 15) is 0 Å². The number of halogens is 1. The number of ether oxygens (including phenoxy) is 1. The lowest BCUT2D eigenvalue weighted by Gasteiger charge is -2.31. The fourth-order valence-electron chi connectivity index (χ4n) is 2.10. The van der Waals surface area contributed by atoms with Crippen molar-refractivity contribution in [3.63, 3.8) is 0 Å². The van der Waals surface area contributed by atoms with E-state index in [-0.39, 0.29) is 5.41 Å². The van der Waals surface area contributed by atoms with Crippen LogP contribution >= 0.6 is 11.6 Å². The Morgan fingerprint density at radius 3 is 2.50 bits per heavy atom. The molecule has 0 saturated heterocycles. The van der Waals surface area contributed by atoms with Crippen molar-refractivity contribution in [1.29, 1.82) is 0 Å². The van der Waals surface area contributed by atoms with Gasteiger partial charge in [-0.1, -0.05) is 32.4 Å². The molecule has 0 radical (unpaired) electrons. The fraction of sp³-hybridized carbons (Fsp3) is 0.600. The Kier molecular flexibility index (Phi) is 5.48. The molecule has 18 heavy (non-hydrogen) atoms. The molecule has 0 aromatic heterocycles. The van der Waals surface area contributed by atoms with Crippen LogP contribution in [0.5, 0.6) is 5.75 Å². The van der Waals surface area contributed by atoms with Gasteiger partial charge >= 0.3 is 0 Å². The van der Waals surface area contributed by atoms with Crippen molar-refractivity contribution in [3.05, 3.63) is 28.8 Å². The number of benzene rings is 1. The summed E-state index contributed by atoms with van der Waals surface area (Å²) in [5.74, 6) is 1.46. The molecule has 2 nitrogen and oxygen atoms in total. The largest absolute Gasteiger partial charge is 0.496 e. The van der Waals surface area contributed by atoms with Crippen molar-refractivity contribution in [2.45, 2.75) is 27.2 Å². The molecule has 1 rings (SSSR count). The van der Waals surface area contributed by atoms with Crippen LogP contribution in [0.25, 0.3) is 0 Å². The Labute approximate surface area is 116 Å². The summed E-state index contributed by atoms with van der Waals surface area (Å²) in [6.45, 7) is 7.79. The van der Waals surface area contributed by atoms with Gasteiger partial charge in [0.1, 0.15) is 5.75 Å². The van der Waals surface area contributed by atoms with Gasteiger partial charge in [-0.3, -0.25) is 0 Å². The first-order valence-electron chi connectivity index (χ1n) is 6.35. The third kappa shape index (κ3) is 4.18. The Balaban J connectivity index is 2.96. The van der Waals surface area contributed by atoms with E-state index in [1.165, 1.54) is 5.56 Å². The maximum Gasteiger partial charge on any atom is 0.122 e. The highest BCUT2D eigenvalue weighted by Crippen LogP contribution is 2.32. The highest BCUT2D eigenvalue weighted by atomic mass is 35.5. The predicted molar refractivity (Wildman–Crippen MR) is 78.6 cm³/mol. The molecule has 0 bridgehead atoms. The number of rotatable bonds is 5. The van der Waals surface area contributed by atoms with Gasteiger partial charge < -0.3 is 10.1 Å². The van der Waals surface area contributed by atoms with Gasteiger partial charge in [0.05, 0.1) is 7.11 Å². The van der Waals surface area contributed by atoms with Gasteiger partial charge in [-0.2, -0.15) is 0 Å². The van der Waals surface area contributed by atoms with Gasteiger partial charge in [0.25, 0.3) is 0 Å². The third-order valence-electron chi connectivity index (χ3n) is 3.38. The highest BCUT2D eigenvalue weighted by Gasteiger charge is 2.25. The normalized spacial score (nSPS) is 13.4. The lowest BCUT2D eigenvalue weighted by molar-refractivity contribution is 0.233. The van der Waals surface area contributed by atoms with Crippen molar-refractivity contribution in [1.82, 2.24) is 5.32 Å². The number of hydrogen-bond acceptors (Lipinski definition) is 2. The quantitative estimate of drug-likeness (QED) is 0.879. The molecular weight excluding hydrogens is 246 g/mol. The van der Waals surface area contributed by atoms with Gasteiger partial charge in [0, 0.05) is 5.02 Å². The summed E-state index contributed by atoms with van der Waals surface area (Å²) in [4.78, 5) is 0. The topological polar surface area (TPSA) is 21.3 Å². The molecular formula is C15H24ClNO. The average Bonchev–Trinajstić information content (AvgIpc) is 2.27. The minimum Gasteiger partial charge on any atom is -0.496 e. The van der Waals surface area contributed by atoms with Crippen LogP contribution in [0.15, 0.2) is 18.2 Å². The summed E-state index contributed by atoms with van der Waals surface area (Å²) in [5, 5.41) is 4.04. The SMILES string of the molecule is CNCC(Cc1cc(Cl)ccc1OC)C(C)(C)C. The van der Waals surface area contributed by atoms with Crippen molar-refractivity contribution >= 4 is 11.6 Å². The molecule has 0 heterocycles. The lowest BCUT2D eigenvalue weighted by atomic mass is 9.77. The van der Waals surface area contributed by atoms with E-state index >= 15 is 0 Å². The molecule has 1 unspecified atom stereocenters. The van der Waals surface area contributed by atoms with Crippen molar-refractivity contribution < 1.29 is 4.74 Å². The zero-order valence-corrected chi connectivity index (χ0v) is 12.8. The van der Waals surface area contributed by atoms with Crippen molar-refractivity contribution in [2.24, 2.45) is 11.3 Å². The summed E-state index contributed by atoms with van der Waals surface area (Å²) in [7, 11) is 3.70. The predicted octanol–water partition coefficient (Wildman–Crippen LogP) is 3.77. The molecule has 0 spiro atoms. The summed E-state index contributed by atoms with van der Waals surface area (Å²) in [5.41, 5.74) is 1.43. The summed E-state index contributed by atoms with van der Waals surface area (Å²) in [6, 6.07) is 5.82. The molecule has 0 fully saturated rings. The Bertz CT molecular complexity index is 385. The van der Waals surface area contributed by atoms with Crippen LogP contribution in [0.4, 0.5) is 0 Å². The number of nitrogens with one attached hydrogen (secondary N) is 1. The second kappa shape index (κ2) is 6.44. The van der Waals surface area contributed by atoms with E-state index in [4.69, 9.17) is 16.3 Å². The minimum absolute atomic E-state index is 0.246. The molecule has 0 saturated carbocycles. The van der Waals surface area contributed by atoms with Gasteiger partial charge in [0.2, 0.25) is 0 Å². The number of methoxy groups -OCH3 is 1. The van der Waals surface area contributed by atoms with Crippen LogP contribution in [-0.4, -0.2) is 20.7 Å². The maximum absolute atomic E-state index is 6.08. The maximum atomic E-state index is 6.08. The second-order valence-electron chi connectivity index (χ2n) is 5.78. The molecule has 102 valence electrons. The number of hydrogen-bond donors (Lipinski definition) is 1. The van der Waals surface area contributed by atoms with Gasteiger partial charge in [0.15, 0.2) is 0 Å². The third-order valence-corrected chi connectivity index (χ3v) is 3.62. The van der Waals surface area contributed by atoms with Crippen LogP contribution in [0, 0.1) is 11.3 Å². The van der Waals surface area contributed by atoms with Gasteiger partial charge in [-0.25, -0.2) is 0 Å². The molecule has 1 aromatic rings. The minimum atomic E-state index is 0.246. The first kappa shape index (κ1) is 15.3. The zero-order chi connectivity index (χ0) is 13.8. The molecule has 1 atom stereocenters. The Morgan fingerprint density at radius 1 is 1.33 bits per heavy atom. The average molecular weight is 270 g/mol. The van der Waals surface area contributed by atoms with Crippen LogP contribution in [0.2, 0.25) is 5.02 Å². The van der Waals surface area contributed by atoms with E-state index in [0.717, 1.165) is 23.7 Å². The summed E-state index contributed by atoms with van der Waals surface area (Å²) < 4.78 is 5.41. The Hall–Kier alpha value is -0.730. The van der Waals surface area contributed by atoms with Crippen molar-refractivity contribution in [2.75, 3.05) is 20.7 Å². The smallest absolute Gasteiger partial charge is 0.122 e. The molecule has 0 aliphatic heterocycles. The van der Waals surface area contributed by atoms with Gasteiger partial charge in [-0.05, 0) is 55.1 Å². The van der Waals surface area contributed by atoms with Crippen molar-refractivity contribution in [3.8, 4) is 5.75 Å². The molecule has 0 aliphatic carbocycles. The highest BCUT2D eigenvalue weighted by molar-refractivity contribution is 6.30. The van der Waals surface area contributed by atoms with E-state index in [1.807, 2.05) is 25.2 Å². The van der Waals surface area contributed by atoms with Crippen LogP contribution < -0.4 is 10.1 Å². The van der Waals surface area contributed by atoms with E-state index in [2.05, 4.69) is 26.1 Å². The lowest BCUT2D eigenvalue weighted by Crippen LogP contribution is -2.31. The molecule has 0 amide bonds. The van der Waals surface area contributed by atoms with E-state index in [1.54, 1.807) is 7.11 Å². The first-order chi connectivity index (χ1) is 8.38. The van der Waals surface area contributed by atoms with E-state index < -0.39 is 0 Å². The molecule has 1 N–H and O–H groups in total. The molecule has 0 aliphatic rings. The first-order valence-corrected chi connectivity index (χ1v) is 6.73. The summed E-state index contributed by atoms with van der Waals surface area (Å²) in [6.07, 6.45) is 0.966. The van der Waals surface area contributed by atoms with Crippen LogP contribution in [0.3, 0.4) is 0 Å².